The summed E-state index contributed by atoms with van der Waals surface area (Å²) in [5, 5.41) is 11.0. The highest BCUT2D eigenvalue weighted by molar-refractivity contribution is 9.10. The number of amides is 1. The van der Waals surface area contributed by atoms with Crippen molar-refractivity contribution < 1.29 is 9.53 Å². The number of hydrogen-bond acceptors (Lipinski definition) is 3. The van der Waals surface area contributed by atoms with Crippen molar-refractivity contribution in [1.82, 2.24) is 5.32 Å². The van der Waals surface area contributed by atoms with Crippen LogP contribution in [-0.4, -0.2) is 19.6 Å². The number of methoxy groups -OCH3 is 1. The first kappa shape index (κ1) is 12.5. The van der Waals surface area contributed by atoms with Gasteiger partial charge in [0.15, 0.2) is 0 Å². The molecule has 5 heteroatoms. The van der Waals surface area contributed by atoms with Gasteiger partial charge in [-0.15, -0.1) is 0 Å². The van der Waals surface area contributed by atoms with E-state index in [1.807, 2.05) is 6.07 Å². The van der Waals surface area contributed by atoms with Crippen LogP contribution in [0.15, 0.2) is 22.7 Å². The van der Waals surface area contributed by atoms with Crippen LogP contribution >= 0.6 is 15.9 Å². The zero-order chi connectivity index (χ0) is 12.0. The summed E-state index contributed by atoms with van der Waals surface area (Å²) in [6.07, 6.45) is 0.299. The van der Waals surface area contributed by atoms with Crippen LogP contribution in [0.25, 0.3) is 0 Å². The fraction of sp³-hybridized carbons (Fsp3) is 0.273. The molecule has 0 aliphatic heterocycles. The van der Waals surface area contributed by atoms with Gasteiger partial charge in [0, 0.05) is 11.0 Å². The van der Waals surface area contributed by atoms with Crippen molar-refractivity contribution in [3.8, 4) is 11.8 Å². The molecule has 0 bridgehead atoms. The van der Waals surface area contributed by atoms with Gasteiger partial charge in [0.25, 0.3) is 5.91 Å². The zero-order valence-electron chi connectivity index (χ0n) is 8.79. The number of nitriles is 1. The van der Waals surface area contributed by atoms with E-state index in [0.29, 0.717) is 28.8 Å². The van der Waals surface area contributed by atoms with Crippen molar-refractivity contribution in [3.63, 3.8) is 0 Å². The highest BCUT2D eigenvalue weighted by Crippen LogP contribution is 2.22. The Labute approximate surface area is 102 Å². The molecule has 0 radical (unpaired) electrons. The minimum Gasteiger partial charge on any atom is -0.497 e. The SMILES string of the molecule is COc1ccc(Br)c(C(=O)NCCC#N)c1. The summed E-state index contributed by atoms with van der Waals surface area (Å²) in [5.74, 6) is 0.398. The minimum atomic E-state index is -0.221. The van der Waals surface area contributed by atoms with Crippen LogP contribution in [-0.2, 0) is 0 Å². The van der Waals surface area contributed by atoms with Crippen molar-refractivity contribution in [1.29, 1.82) is 5.26 Å². The first-order valence-electron chi connectivity index (χ1n) is 4.67. The van der Waals surface area contributed by atoms with Crippen molar-refractivity contribution >= 4 is 21.8 Å². The van der Waals surface area contributed by atoms with Gasteiger partial charge in [0.2, 0.25) is 0 Å². The standard InChI is InChI=1S/C11H11BrN2O2/c1-16-8-3-4-10(12)9(7-8)11(15)14-6-2-5-13/h3-4,7H,2,6H2,1H3,(H,14,15). The molecule has 1 rings (SSSR count). The molecule has 0 unspecified atom stereocenters. The minimum absolute atomic E-state index is 0.221. The maximum absolute atomic E-state index is 11.7. The van der Waals surface area contributed by atoms with Crippen LogP contribution in [0.1, 0.15) is 16.8 Å². The summed E-state index contributed by atoms with van der Waals surface area (Å²) < 4.78 is 5.73. The number of carbonyl (C=O) groups is 1. The second-order valence-electron chi connectivity index (χ2n) is 3.01. The molecule has 0 saturated carbocycles. The molecule has 0 aromatic heterocycles. The molecular weight excluding hydrogens is 272 g/mol. The lowest BCUT2D eigenvalue weighted by Gasteiger charge is -2.07. The zero-order valence-corrected chi connectivity index (χ0v) is 10.4. The molecule has 0 saturated heterocycles. The van der Waals surface area contributed by atoms with Crippen molar-refractivity contribution in [3.05, 3.63) is 28.2 Å². The average Bonchev–Trinajstić information content (AvgIpc) is 2.30. The Hall–Kier alpha value is -1.54. The molecule has 4 nitrogen and oxygen atoms in total. The third-order valence-corrected chi connectivity index (χ3v) is 2.63. The first-order chi connectivity index (χ1) is 7.69. The Kier molecular flexibility index (Phi) is 4.80. The Morgan fingerprint density at radius 3 is 3.00 bits per heavy atom. The Balaban J connectivity index is 2.78. The highest BCUT2D eigenvalue weighted by atomic mass is 79.9. The number of benzene rings is 1. The van der Waals surface area contributed by atoms with Gasteiger partial charge in [0.1, 0.15) is 5.75 Å². The van der Waals surface area contributed by atoms with Crippen LogP contribution in [0.5, 0.6) is 5.75 Å². The molecular formula is C11H11BrN2O2. The molecule has 16 heavy (non-hydrogen) atoms. The van der Waals surface area contributed by atoms with E-state index in [9.17, 15) is 4.79 Å². The molecule has 1 N–H and O–H groups in total. The van der Waals surface area contributed by atoms with E-state index in [-0.39, 0.29) is 5.91 Å². The molecule has 0 aliphatic rings. The van der Waals surface area contributed by atoms with E-state index in [0.717, 1.165) is 0 Å². The third kappa shape index (κ3) is 3.24. The molecule has 0 atom stereocenters. The number of ether oxygens (including phenoxy) is 1. The van der Waals surface area contributed by atoms with Crippen LogP contribution < -0.4 is 10.1 Å². The second kappa shape index (κ2) is 6.13. The van der Waals surface area contributed by atoms with E-state index < -0.39 is 0 Å². The number of nitrogens with one attached hydrogen (secondary N) is 1. The predicted molar refractivity (Wildman–Crippen MR) is 63.3 cm³/mol. The molecule has 84 valence electrons. The lowest BCUT2D eigenvalue weighted by molar-refractivity contribution is 0.0953. The normalized spacial score (nSPS) is 9.31. The van der Waals surface area contributed by atoms with Gasteiger partial charge in [-0.2, -0.15) is 5.26 Å². The second-order valence-corrected chi connectivity index (χ2v) is 3.86. The van der Waals surface area contributed by atoms with Gasteiger partial charge in [-0.25, -0.2) is 0 Å². The third-order valence-electron chi connectivity index (χ3n) is 1.94. The van der Waals surface area contributed by atoms with E-state index >= 15 is 0 Å². The summed E-state index contributed by atoms with van der Waals surface area (Å²) in [7, 11) is 1.54. The summed E-state index contributed by atoms with van der Waals surface area (Å²) in [5.41, 5.74) is 0.497. The lowest BCUT2D eigenvalue weighted by Crippen LogP contribution is -2.24. The Morgan fingerprint density at radius 2 is 2.38 bits per heavy atom. The molecule has 0 aliphatic carbocycles. The van der Waals surface area contributed by atoms with Crippen LogP contribution in [0.3, 0.4) is 0 Å². The van der Waals surface area contributed by atoms with E-state index in [1.165, 1.54) is 0 Å². The number of rotatable bonds is 4. The van der Waals surface area contributed by atoms with Gasteiger partial charge in [0.05, 0.1) is 25.2 Å². The maximum Gasteiger partial charge on any atom is 0.252 e. The lowest BCUT2D eigenvalue weighted by atomic mass is 10.2. The van der Waals surface area contributed by atoms with Crippen LogP contribution in [0, 0.1) is 11.3 Å². The van der Waals surface area contributed by atoms with Gasteiger partial charge in [-0.05, 0) is 34.1 Å². The molecule has 1 aromatic carbocycles. The van der Waals surface area contributed by atoms with E-state index in [2.05, 4.69) is 21.2 Å². The van der Waals surface area contributed by atoms with Gasteiger partial charge >= 0.3 is 0 Å². The van der Waals surface area contributed by atoms with Gasteiger partial charge < -0.3 is 10.1 Å². The summed E-state index contributed by atoms with van der Waals surface area (Å²) in [6.45, 7) is 0.346. The number of halogens is 1. The van der Waals surface area contributed by atoms with E-state index in [1.54, 1.807) is 25.3 Å². The average molecular weight is 283 g/mol. The molecule has 0 fully saturated rings. The van der Waals surface area contributed by atoms with E-state index in [4.69, 9.17) is 10.00 Å². The number of carbonyl (C=O) groups excluding carboxylic acids is 1. The first-order valence-corrected chi connectivity index (χ1v) is 5.47. The van der Waals surface area contributed by atoms with Crippen LogP contribution in [0.2, 0.25) is 0 Å². The maximum atomic E-state index is 11.7. The number of nitrogens with zero attached hydrogens (tertiary/aromatic N) is 1. The molecule has 1 amide bonds. The van der Waals surface area contributed by atoms with Crippen molar-refractivity contribution in [2.45, 2.75) is 6.42 Å². The van der Waals surface area contributed by atoms with Crippen molar-refractivity contribution in [2.24, 2.45) is 0 Å². The summed E-state index contributed by atoms with van der Waals surface area (Å²) in [4.78, 5) is 11.7. The largest absolute Gasteiger partial charge is 0.497 e. The molecule has 0 heterocycles. The highest BCUT2D eigenvalue weighted by Gasteiger charge is 2.10. The topological polar surface area (TPSA) is 62.1 Å². The molecule has 1 aromatic rings. The van der Waals surface area contributed by atoms with Crippen molar-refractivity contribution in [2.75, 3.05) is 13.7 Å². The fourth-order valence-electron chi connectivity index (χ4n) is 1.13. The smallest absolute Gasteiger partial charge is 0.252 e. The fourth-order valence-corrected chi connectivity index (χ4v) is 1.56. The summed E-state index contributed by atoms with van der Waals surface area (Å²) >= 11 is 3.29. The Morgan fingerprint density at radius 1 is 1.62 bits per heavy atom. The quantitative estimate of drug-likeness (QED) is 0.861. The monoisotopic (exact) mass is 282 g/mol. The van der Waals surface area contributed by atoms with Crippen LogP contribution in [0.4, 0.5) is 0 Å². The summed E-state index contributed by atoms with van der Waals surface area (Å²) in [6, 6.07) is 7.11. The van der Waals surface area contributed by atoms with Gasteiger partial charge in [-0.1, -0.05) is 0 Å². The van der Waals surface area contributed by atoms with Gasteiger partial charge in [-0.3, -0.25) is 4.79 Å². The predicted octanol–water partition coefficient (Wildman–Crippen LogP) is 2.10. The molecule has 0 spiro atoms. The Bertz CT molecular complexity index is 426. The number of hydrogen-bond donors (Lipinski definition) is 1.